The quantitative estimate of drug-likeness (QED) is 0.282. The van der Waals surface area contributed by atoms with Crippen LogP contribution in [0, 0.1) is 0 Å². The molecule has 0 radical (unpaired) electrons. The largest absolute Gasteiger partial charge is 0.465 e. The maximum atomic E-state index is 12.5. The van der Waals surface area contributed by atoms with Gasteiger partial charge in [-0.25, -0.2) is 9.59 Å². The van der Waals surface area contributed by atoms with E-state index in [1.54, 1.807) is 12.1 Å². The first-order valence-corrected chi connectivity index (χ1v) is 11.5. The number of carbonyl (C=O) groups is 2. The highest BCUT2D eigenvalue weighted by molar-refractivity contribution is 5.99. The number of fused-ring (bicyclic) bond motifs is 1. The summed E-state index contributed by atoms with van der Waals surface area (Å²) >= 11 is 0. The number of ether oxygens (including phenoxy) is 2. The Morgan fingerprint density at radius 2 is 1.25 bits per heavy atom. The Morgan fingerprint density at radius 3 is 1.81 bits per heavy atom. The van der Waals surface area contributed by atoms with E-state index in [0.29, 0.717) is 17.7 Å². The van der Waals surface area contributed by atoms with Crippen LogP contribution in [0.15, 0.2) is 97.2 Å². The minimum Gasteiger partial charge on any atom is -0.465 e. The van der Waals surface area contributed by atoms with Crippen LogP contribution in [0.4, 0.5) is 0 Å². The molecule has 1 aromatic heterocycles. The molecule has 0 atom stereocenters. The monoisotopic (exact) mass is 476 g/mol. The van der Waals surface area contributed by atoms with Crippen molar-refractivity contribution in [3.05, 3.63) is 114 Å². The van der Waals surface area contributed by atoms with Crippen LogP contribution in [0.3, 0.4) is 0 Å². The molecular weight excluding hydrogens is 452 g/mol. The summed E-state index contributed by atoms with van der Waals surface area (Å²) < 4.78 is 11.9. The zero-order valence-electron chi connectivity index (χ0n) is 20.0. The zero-order chi connectivity index (χ0) is 25.1. The number of benzene rings is 4. The van der Waals surface area contributed by atoms with Gasteiger partial charge in [-0.1, -0.05) is 54.6 Å². The van der Waals surface area contributed by atoms with Gasteiger partial charge in [0.1, 0.15) is 0 Å². The van der Waals surface area contributed by atoms with Gasteiger partial charge < -0.3 is 9.47 Å². The van der Waals surface area contributed by atoms with E-state index in [9.17, 15) is 9.59 Å². The van der Waals surface area contributed by atoms with Crippen LogP contribution >= 0.6 is 0 Å². The van der Waals surface area contributed by atoms with E-state index in [4.69, 9.17) is 14.6 Å². The van der Waals surface area contributed by atoms with Crippen molar-refractivity contribution >= 4 is 22.8 Å². The van der Waals surface area contributed by atoms with Gasteiger partial charge >= 0.3 is 11.9 Å². The van der Waals surface area contributed by atoms with Gasteiger partial charge in [0.2, 0.25) is 0 Å². The molecule has 0 aliphatic carbocycles. The molecule has 6 heteroatoms. The molecule has 0 N–H and O–H groups in total. The van der Waals surface area contributed by atoms with E-state index in [1.807, 2.05) is 89.7 Å². The molecule has 1 heterocycles. The van der Waals surface area contributed by atoms with Crippen LogP contribution in [0.2, 0.25) is 0 Å². The molecule has 0 saturated carbocycles. The van der Waals surface area contributed by atoms with Crippen LogP contribution in [0.5, 0.6) is 0 Å². The second-order valence-electron chi connectivity index (χ2n) is 8.38. The molecule has 0 aliphatic rings. The normalized spacial score (nSPS) is 10.8. The molecule has 0 bridgehead atoms. The lowest BCUT2D eigenvalue weighted by atomic mass is 9.92. The molecule has 5 aromatic rings. The predicted molar refractivity (Wildman–Crippen MR) is 139 cm³/mol. The summed E-state index contributed by atoms with van der Waals surface area (Å²) in [6.45, 7) is 0.510. The van der Waals surface area contributed by atoms with Crippen LogP contribution < -0.4 is 0 Å². The van der Waals surface area contributed by atoms with Gasteiger partial charge in [-0.3, -0.25) is 4.68 Å². The van der Waals surface area contributed by atoms with Crippen molar-refractivity contribution in [2.75, 3.05) is 14.2 Å². The van der Waals surface area contributed by atoms with Crippen molar-refractivity contribution in [3.63, 3.8) is 0 Å². The highest BCUT2D eigenvalue weighted by Gasteiger charge is 2.17. The number of rotatable bonds is 6. The summed E-state index contributed by atoms with van der Waals surface area (Å²) in [5.41, 5.74) is 5.97. The Hall–Kier alpha value is -4.71. The third kappa shape index (κ3) is 4.49. The molecule has 5 rings (SSSR count). The Labute approximate surface area is 208 Å². The number of hydrogen-bond donors (Lipinski definition) is 0. The molecule has 0 unspecified atom stereocenters. The summed E-state index contributed by atoms with van der Waals surface area (Å²) in [5, 5.41) is 5.76. The van der Waals surface area contributed by atoms with Gasteiger partial charge in [-0.05, 0) is 64.2 Å². The average molecular weight is 477 g/mol. The molecule has 36 heavy (non-hydrogen) atoms. The number of nitrogens with zero attached hydrogens (tertiary/aromatic N) is 2. The third-order valence-electron chi connectivity index (χ3n) is 6.09. The molecular formula is C30H24N2O4. The van der Waals surface area contributed by atoms with Crippen LogP contribution in [-0.2, 0) is 16.0 Å². The minimum atomic E-state index is -0.411. The Kier molecular flexibility index (Phi) is 6.33. The molecule has 0 spiro atoms. The smallest absolute Gasteiger partial charge is 0.338 e. The highest BCUT2D eigenvalue weighted by Crippen LogP contribution is 2.33. The summed E-state index contributed by atoms with van der Waals surface area (Å²) in [5.74, 6) is -0.823. The molecule has 0 amide bonds. The van der Waals surface area contributed by atoms with Gasteiger partial charge in [0, 0.05) is 11.6 Å². The van der Waals surface area contributed by atoms with E-state index in [0.717, 1.165) is 38.7 Å². The second kappa shape index (κ2) is 9.88. The van der Waals surface area contributed by atoms with Gasteiger partial charge in [-0.15, -0.1) is 0 Å². The summed E-state index contributed by atoms with van der Waals surface area (Å²) in [6.07, 6.45) is 2.01. The standard InChI is InChI=1S/C30H24N2O4/c1-35-29(33)26-12-6-4-10-24(26)22-15-20(18-32-19-21-9-3-8-14-28(21)31-32)16-23(17-22)25-11-5-7-13-27(25)30(34)36-2/h3-17,19H,18H2,1-2H3. The Balaban J connectivity index is 1.68. The molecule has 0 fully saturated rings. The molecule has 4 aromatic carbocycles. The van der Waals surface area contributed by atoms with Gasteiger partial charge in [-0.2, -0.15) is 5.10 Å². The predicted octanol–water partition coefficient (Wildman–Crippen LogP) is 5.99. The van der Waals surface area contributed by atoms with E-state index < -0.39 is 11.9 Å². The van der Waals surface area contributed by atoms with Crippen molar-refractivity contribution in [2.45, 2.75) is 6.54 Å². The Morgan fingerprint density at radius 1 is 0.722 bits per heavy atom. The van der Waals surface area contributed by atoms with E-state index >= 15 is 0 Å². The van der Waals surface area contributed by atoms with Crippen molar-refractivity contribution in [1.29, 1.82) is 0 Å². The maximum Gasteiger partial charge on any atom is 0.338 e. The summed E-state index contributed by atoms with van der Waals surface area (Å²) in [4.78, 5) is 25.0. The van der Waals surface area contributed by atoms with Crippen molar-refractivity contribution in [3.8, 4) is 22.3 Å². The second-order valence-corrected chi connectivity index (χ2v) is 8.38. The average Bonchev–Trinajstić information content (AvgIpc) is 3.34. The zero-order valence-corrected chi connectivity index (χ0v) is 20.0. The molecule has 0 saturated heterocycles. The van der Waals surface area contributed by atoms with Crippen molar-refractivity contribution in [2.24, 2.45) is 0 Å². The first-order valence-electron chi connectivity index (χ1n) is 11.5. The number of carbonyl (C=O) groups excluding carboxylic acids is 2. The van der Waals surface area contributed by atoms with Crippen molar-refractivity contribution in [1.82, 2.24) is 9.78 Å². The fourth-order valence-electron chi connectivity index (χ4n) is 4.42. The summed E-state index contributed by atoms with van der Waals surface area (Å²) in [7, 11) is 2.74. The fraction of sp³-hybridized carbons (Fsp3) is 0.100. The lowest BCUT2D eigenvalue weighted by Gasteiger charge is -2.15. The number of esters is 2. The maximum absolute atomic E-state index is 12.5. The fourth-order valence-corrected chi connectivity index (χ4v) is 4.42. The third-order valence-corrected chi connectivity index (χ3v) is 6.09. The van der Waals surface area contributed by atoms with Gasteiger partial charge in [0.15, 0.2) is 0 Å². The number of hydrogen-bond acceptors (Lipinski definition) is 5. The molecule has 178 valence electrons. The first kappa shape index (κ1) is 23.1. The highest BCUT2D eigenvalue weighted by atomic mass is 16.5. The van der Waals surface area contributed by atoms with E-state index in [-0.39, 0.29) is 0 Å². The molecule has 6 nitrogen and oxygen atoms in total. The number of methoxy groups -OCH3 is 2. The van der Waals surface area contributed by atoms with E-state index in [2.05, 4.69) is 0 Å². The van der Waals surface area contributed by atoms with Crippen LogP contribution in [0.25, 0.3) is 33.2 Å². The summed E-state index contributed by atoms with van der Waals surface area (Å²) in [6, 6.07) is 28.7. The SMILES string of the molecule is COC(=O)c1ccccc1-c1cc(Cn2cc3ccccc3n2)cc(-c2ccccc2C(=O)OC)c1. The number of aromatic nitrogens is 2. The topological polar surface area (TPSA) is 70.4 Å². The van der Waals surface area contributed by atoms with Gasteiger partial charge in [0.25, 0.3) is 0 Å². The van der Waals surface area contributed by atoms with E-state index in [1.165, 1.54) is 14.2 Å². The first-order chi connectivity index (χ1) is 17.6. The Bertz CT molecular complexity index is 1470. The minimum absolute atomic E-state index is 0.411. The van der Waals surface area contributed by atoms with Crippen LogP contribution in [0.1, 0.15) is 26.3 Å². The molecule has 0 aliphatic heterocycles. The lowest BCUT2D eigenvalue weighted by molar-refractivity contribution is 0.0592. The van der Waals surface area contributed by atoms with Gasteiger partial charge in [0.05, 0.1) is 37.4 Å². The van der Waals surface area contributed by atoms with Crippen LogP contribution in [-0.4, -0.2) is 35.9 Å². The van der Waals surface area contributed by atoms with Crippen molar-refractivity contribution < 1.29 is 19.1 Å². The lowest BCUT2D eigenvalue weighted by Crippen LogP contribution is -2.06.